The molecule has 6 rings (SSSR count). The summed E-state index contributed by atoms with van der Waals surface area (Å²) < 4.78 is 40.7. The highest BCUT2D eigenvalue weighted by atomic mass is 16.7. The normalized spacial score (nSPS) is 18.2. The van der Waals surface area contributed by atoms with Gasteiger partial charge < -0.3 is 68.4 Å². The third-order valence-corrected chi connectivity index (χ3v) is 10.5. The molecule has 1 saturated heterocycles. The number of fused-ring (bicyclic) bond motifs is 1. The van der Waals surface area contributed by atoms with Gasteiger partial charge in [0, 0.05) is 29.4 Å². The predicted molar refractivity (Wildman–Crippen MR) is 235 cm³/mol. The van der Waals surface area contributed by atoms with Gasteiger partial charge >= 0.3 is 11.9 Å². The number of phenolic OH excluding ortho intramolecular Hbond substituents is 2. The molecular formula is C46H54N4O16. The van der Waals surface area contributed by atoms with E-state index in [0.717, 1.165) is 17.3 Å². The van der Waals surface area contributed by atoms with Crippen molar-refractivity contribution in [1.82, 2.24) is 15.0 Å². The minimum absolute atomic E-state index is 0.0149. The van der Waals surface area contributed by atoms with Crippen molar-refractivity contribution in [1.29, 1.82) is 0 Å². The van der Waals surface area contributed by atoms with Crippen molar-refractivity contribution in [3.63, 3.8) is 0 Å². The highest BCUT2D eigenvalue weighted by molar-refractivity contribution is 5.92. The van der Waals surface area contributed by atoms with Crippen molar-refractivity contribution in [2.45, 2.75) is 77.0 Å². The molecule has 354 valence electrons. The van der Waals surface area contributed by atoms with E-state index in [9.17, 15) is 45.0 Å². The standard InChI is InChI=1S/C46H54N4O16/c1-27(2)9-14-32-33(52)23-34(53)38-40(57)45(43(66-44(32)38)28-10-12-31(60-3)13-11-28)65-37(55)16-15-36(54)62-21-18-49(30-7-5-4-6-8-30)17-20-61-26-29-24-50(48-47-29)19-22-63-46-42(59)41(58)39(56)35(25-51)64-46/h4-13,23-24,35,39,41-42,46,51-53,56,58-59H,14-22,25-26H2,1-3H3/t35-,39-,41+,42-,46-/m1/s1. The summed E-state index contributed by atoms with van der Waals surface area (Å²) >= 11 is 0. The van der Waals surface area contributed by atoms with Crippen molar-refractivity contribution >= 4 is 28.6 Å². The molecule has 1 aliphatic rings. The van der Waals surface area contributed by atoms with Crippen LogP contribution >= 0.6 is 0 Å². The van der Waals surface area contributed by atoms with Crippen LogP contribution in [0.15, 0.2) is 87.7 Å². The number of aliphatic hydroxyl groups excluding tert-OH is 4. The van der Waals surface area contributed by atoms with Crippen LogP contribution in [0.3, 0.4) is 0 Å². The van der Waals surface area contributed by atoms with Crippen LogP contribution < -0.4 is 19.8 Å². The Morgan fingerprint density at radius 3 is 2.35 bits per heavy atom. The number of nitrogens with zero attached hydrogens (tertiary/aromatic N) is 4. The van der Waals surface area contributed by atoms with Crippen LogP contribution in [0.25, 0.3) is 22.3 Å². The lowest BCUT2D eigenvalue weighted by atomic mass is 9.99. The monoisotopic (exact) mass is 918 g/mol. The zero-order valence-corrected chi connectivity index (χ0v) is 36.6. The molecule has 20 heteroatoms. The first-order valence-corrected chi connectivity index (χ1v) is 21.2. The third-order valence-electron chi connectivity index (χ3n) is 10.5. The largest absolute Gasteiger partial charge is 0.507 e. The molecule has 0 bridgehead atoms. The van der Waals surface area contributed by atoms with Crippen LogP contribution in [0.1, 0.15) is 37.9 Å². The van der Waals surface area contributed by atoms with E-state index in [1.165, 1.54) is 11.8 Å². The molecule has 3 aromatic carbocycles. The molecule has 0 aliphatic carbocycles. The Labute approximate surface area is 378 Å². The first-order valence-electron chi connectivity index (χ1n) is 21.2. The lowest BCUT2D eigenvalue weighted by Crippen LogP contribution is -2.59. The summed E-state index contributed by atoms with van der Waals surface area (Å²) in [6.45, 7) is 4.46. The summed E-state index contributed by atoms with van der Waals surface area (Å²) in [6.07, 6.45) is -4.05. The van der Waals surface area contributed by atoms with Crippen LogP contribution in [-0.4, -0.2) is 135 Å². The number of carbonyl (C=O) groups is 2. The quantitative estimate of drug-likeness (QED) is 0.0331. The van der Waals surface area contributed by atoms with E-state index >= 15 is 0 Å². The van der Waals surface area contributed by atoms with Crippen LogP contribution in [-0.2, 0) is 48.1 Å². The van der Waals surface area contributed by atoms with Crippen LogP contribution in [0.2, 0.25) is 0 Å². The number of ether oxygens (including phenoxy) is 6. The number of carbonyl (C=O) groups excluding carboxylic acids is 2. The number of hydrogen-bond acceptors (Lipinski definition) is 19. The molecule has 5 aromatic rings. The molecular weight excluding hydrogens is 865 g/mol. The number of hydrogen-bond donors (Lipinski definition) is 6. The molecule has 3 heterocycles. The lowest BCUT2D eigenvalue weighted by Gasteiger charge is -2.39. The number of methoxy groups -OCH3 is 1. The summed E-state index contributed by atoms with van der Waals surface area (Å²) in [5.41, 5.74) is 1.96. The number of aromatic nitrogens is 3. The third kappa shape index (κ3) is 12.5. The molecule has 0 spiro atoms. The van der Waals surface area contributed by atoms with Gasteiger partial charge in [0.1, 0.15) is 64.9 Å². The van der Waals surface area contributed by atoms with Crippen molar-refractivity contribution in [3.8, 4) is 34.3 Å². The lowest BCUT2D eigenvalue weighted by molar-refractivity contribution is -0.301. The molecule has 66 heavy (non-hydrogen) atoms. The number of aliphatic hydroxyl groups is 4. The Kier molecular flexibility index (Phi) is 17.2. The van der Waals surface area contributed by atoms with Gasteiger partial charge in [0.25, 0.3) is 0 Å². The Bertz CT molecular complexity index is 2490. The van der Waals surface area contributed by atoms with Crippen molar-refractivity contribution in [2.75, 3.05) is 51.5 Å². The number of allylic oxidation sites excluding steroid dienone is 2. The highest BCUT2D eigenvalue weighted by Gasteiger charge is 2.44. The zero-order valence-electron chi connectivity index (χ0n) is 36.6. The zero-order chi connectivity index (χ0) is 47.3. The average molecular weight is 919 g/mol. The summed E-state index contributed by atoms with van der Waals surface area (Å²) in [7, 11) is 1.49. The fourth-order valence-corrected chi connectivity index (χ4v) is 6.95. The molecule has 6 N–H and O–H groups in total. The van der Waals surface area contributed by atoms with Crippen LogP contribution in [0, 0.1) is 0 Å². The minimum atomic E-state index is -1.55. The second-order valence-corrected chi connectivity index (χ2v) is 15.5. The van der Waals surface area contributed by atoms with Gasteiger partial charge in [-0.25, -0.2) is 4.68 Å². The van der Waals surface area contributed by atoms with Gasteiger partial charge in [0.05, 0.1) is 65.7 Å². The van der Waals surface area contributed by atoms with Crippen molar-refractivity contribution < 1.29 is 73.1 Å². The molecule has 0 amide bonds. The Morgan fingerprint density at radius 1 is 0.909 bits per heavy atom. The summed E-state index contributed by atoms with van der Waals surface area (Å²) in [6, 6.07) is 16.8. The molecule has 2 aromatic heterocycles. The fraction of sp³-hybridized carbons (Fsp3) is 0.413. The Morgan fingerprint density at radius 2 is 1.64 bits per heavy atom. The smallest absolute Gasteiger partial charge is 0.312 e. The Hall–Kier alpha value is -6.39. The maximum atomic E-state index is 14.0. The maximum absolute atomic E-state index is 14.0. The Balaban J connectivity index is 1.01. The van der Waals surface area contributed by atoms with Crippen molar-refractivity contribution in [3.05, 3.63) is 100.0 Å². The number of esters is 2. The highest BCUT2D eigenvalue weighted by Crippen LogP contribution is 2.39. The van der Waals surface area contributed by atoms with Gasteiger partial charge in [-0.15, -0.1) is 5.10 Å². The SMILES string of the molecule is COc1ccc(-c2oc3c(CC=C(C)C)c(O)cc(O)c3c(=O)c2OC(=O)CCC(=O)OCCN(CCOCc2cn(CCO[C@@H]3O[C@H](CO)[C@@H](O)[C@H](O)[C@H]3O)nn2)c2ccccc2)cc1. The molecule has 1 fully saturated rings. The summed E-state index contributed by atoms with van der Waals surface area (Å²) in [4.78, 5) is 42.0. The van der Waals surface area contributed by atoms with Crippen molar-refractivity contribution in [2.24, 2.45) is 0 Å². The average Bonchev–Trinajstić information content (AvgIpc) is 3.77. The first kappa shape index (κ1) is 49.1. The predicted octanol–water partition coefficient (Wildman–Crippen LogP) is 2.75. The fourth-order valence-electron chi connectivity index (χ4n) is 6.95. The molecule has 20 nitrogen and oxygen atoms in total. The van der Waals surface area contributed by atoms with Gasteiger partial charge in [0.15, 0.2) is 12.1 Å². The van der Waals surface area contributed by atoms with Gasteiger partial charge in [0.2, 0.25) is 11.2 Å². The van der Waals surface area contributed by atoms with E-state index in [1.807, 2.05) is 55.2 Å². The molecule has 5 atom stereocenters. The molecule has 0 unspecified atom stereocenters. The number of anilines is 1. The van der Waals surface area contributed by atoms with Crippen LogP contribution in [0.5, 0.6) is 23.0 Å². The van der Waals surface area contributed by atoms with E-state index in [4.69, 9.17) is 32.8 Å². The molecule has 0 saturated carbocycles. The second kappa shape index (κ2) is 23.2. The van der Waals surface area contributed by atoms with E-state index in [0.29, 0.717) is 23.6 Å². The number of para-hydroxylation sites is 1. The molecule has 1 aliphatic heterocycles. The van der Waals surface area contributed by atoms with E-state index in [2.05, 4.69) is 10.3 Å². The number of phenols is 2. The summed E-state index contributed by atoms with van der Waals surface area (Å²) in [5.74, 6) is -2.60. The van der Waals surface area contributed by atoms with E-state index in [1.54, 1.807) is 30.5 Å². The first-order chi connectivity index (χ1) is 31.8. The van der Waals surface area contributed by atoms with E-state index < -0.39 is 72.6 Å². The topological polar surface area (TPSA) is 275 Å². The minimum Gasteiger partial charge on any atom is -0.507 e. The van der Waals surface area contributed by atoms with Gasteiger partial charge in [-0.1, -0.05) is 35.1 Å². The van der Waals surface area contributed by atoms with Gasteiger partial charge in [-0.2, -0.15) is 0 Å². The number of benzene rings is 3. The van der Waals surface area contributed by atoms with E-state index in [-0.39, 0.29) is 80.4 Å². The summed E-state index contributed by atoms with van der Waals surface area (Å²) in [5, 5.41) is 68.8. The number of aromatic hydroxyl groups is 2. The van der Waals surface area contributed by atoms with Crippen LogP contribution in [0.4, 0.5) is 5.69 Å². The second-order valence-electron chi connectivity index (χ2n) is 15.5. The van der Waals surface area contributed by atoms with Gasteiger partial charge in [-0.05, 0) is 56.7 Å². The number of rotatable bonds is 22. The molecule has 0 radical (unpaired) electrons. The van der Waals surface area contributed by atoms with Gasteiger partial charge in [-0.3, -0.25) is 14.4 Å². The maximum Gasteiger partial charge on any atom is 0.312 e.